The number of para-hydroxylation sites is 2. The second-order valence-corrected chi connectivity index (χ2v) is 6.40. The highest BCUT2D eigenvalue weighted by Crippen LogP contribution is 2.31. The van der Waals surface area contributed by atoms with E-state index in [-0.39, 0.29) is 0 Å². The average Bonchev–Trinajstić information content (AvgIpc) is 2.92. The molecular weight excluding hydrogens is 313 g/mol. The van der Waals surface area contributed by atoms with Crippen molar-refractivity contribution in [3.63, 3.8) is 0 Å². The Hall–Kier alpha value is -1.52. The Kier molecular flexibility index (Phi) is 7.13. The van der Waals surface area contributed by atoms with E-state index in [2.05, 4.69) is 11.9 Å². The minimum Gasteiger partial charge on any atom is -0.320 e. The van der Waals surface area contributed by atoms with Crippen LogP contribution in [0.1, 0.15) is 70.5 Å². The van der Waals surface area contributed by atoms with Crippen molar-refractivity contribution in [2.45, 2.75) is 77.4 Å². The maximum atomic E-state index is 13.2. The number of halogens is 3. The number of rotatable bonds is 10. The van der Waals surface area contributed by atoms with Gasteiger partial charge in [0.05, 0.1) is 11.0 Å². The maximum absolute atomic E-state index is 13.2. The van der Waals surface area contributed by atoms with E-state index >= 15 is 0 Å². The number of benzene rings is 1. The van der Waals surface area contributed by atoms with Crippen LogP contribution in [0.25, 0.3) is 11.0 Å². The number of hydrogen-bond acceptors (Lipinski definition) is 1. The van der Waals surface area contributed by atoms with Gasteiger partial charge in [0.2, 0.25) is 5.82 Å². The fraction of sp³-hybridized carbons (Fsp3) is 0.632. The normalized spacial score (nSPS) is 12.2. The molecule has 0 fully saturated rings. The summed E-state index contributed by atoms with van der Waals surface area (Å²) in [5, 5.41) is 0. The summed E-state index contributed by atoms with van der Waals surface area (Å²) in [5.74, 6) is -0.775. The highest BCUT2D eigenvalue weighted by Gasteiger charge is 2.37. The molecule has 0 atom stereocenters. The van der Waals surface area contributed by atoms with Crippen molar-refractivity contribution in [2.75, 3.05) is 0 Å². The molecule has 1 heterocycles. The monoisotopic (exact) mass is 340 g/mol. The number of fused-ring (bicyclic) bond motifs is 1. The Morgan fingerprint density at radius 2 is 1.46 bits per heavy atom. The van der Waals surface area contributed by atoms with Crippen LogP contribution in [0.5, 0.6) is 0 Å². The molecule has 0 radical (unpaired) electrons. The van der Waals surface area contributed by atoms with Gasteiger partial charge in [-0.05, 0) is 18.6 Å². The van der Waals surface area contributed by atoms with Crippen molar-refractivity contribution in [1.29, 1.82) is 0 Å². The Morgan fingerprint density at radius 3 is 2.08 bits per heavy atom. The Morgan fingerprint density at radius 1 is 0.875 bits per heavy atom. The first kappa shape index (κ1) is 18.8. The third-order valence-corrected chi connectivity index (χ3v) is 4.39. The van der Waals surface area contributed by atoms with Gasteiger partial charge in [-0.1, -0.05) is 70.4 Å². The van der Waals surface area contributed by atoms with Crippen molar-refractivity contribution < 1.29 is 13.2 Å². The van der Waals surface area contributed by atoms with Crippen molar-refractivity contribution >= 4 is 11.0 Å². The number of aryl methyl sites for hydroxylation is 1. The molecule has 2 rings (SSSR count). The topological polar surface area (TPSA) is 17.8 Å². The van der Waals surface area contributed by atoms with Crippen molar-refractivity contribution in [1.82, 2.24) is 9.55 Å². The molecule has 0 aliphatic rings. The molecule has 0 N–H and O–H groups in total. The highest BCUT2D eigenvalue weighted by atomic mass is 19.4. The molecule has 1 aromatic carbocycles. The van der Waals surface area contributed by atoms with E-state index in [0.717, 1.165) is 19.3 Å². The average molecular weight is 340 g/mol. The lowest BCUT2D eigenvalue weighted by molar-refractivity contribution is -0.147. The second kappa shape index (κ2) is 9.09. The number of unbranched alkanes of at least 4 members (excludes halogenated alkanes) is 8. The predicted octanol–water partition coefficient (Wildman–Crippen LogP) is 6.59. The fourth-order valence-corrected chi connectivity index (χ4v) is 3.10. The first-order valence-electron chi connectivity index (χ1n) is 9.06. The van der Waals surface area contributed by atoms with Gasteiger partial charge in [0.15, 0.2) is 0 Å². The Balaban J connectivity index is 1.84. The molecule has 0 amide bonds. The quantitative estimate of drug-likeness (QED) is 0.446. The molecule has 0 spiro atoms. The van der Waals surface area contributed by atoms with Gasteiger partial charge in [-0.2, -0.15) is 13.2 Å². The number of alkyl halides is 3. The molecule has 2 nitrogen and oxygen atoms in total. The van der Waals surface area contributed by atoms with Gasteiger partial charge in [-0.25, -0.2) is 4.98 Å². The van der Waals surface area contributed by atoms with Crippen LogP contribution in [0.3, 0.4) is 0 Å². The summed E-state index contributed by atoms with van der Waals surface area (Å²) in [5.41, 5.74) is 0.991. The van der Waals surface area contributed by atoms with Gasteiger partial charge in [0, 0.05) is 6.54 Å². The summed E-state index contributed by atoms with van der Waals surface area (Å²) in [7, 11) is 0. The number of imidazole rings is 1. The lowest BCUT2D eigenvalue weighted by Gasteiger charge is -2.11. The van der Waals surface area contributed by atoms with Crippen LogP contribution < -0.4 is 0 Å². The van der Waals surface area contributed by atoms with Gasteiger partial charge >= 0.3 is 6.18 Å². The van der Waals surface area contributed by atoms with Gasteiger partial charge in [-0.3, -0.25) is 0 Å². The van der Waals surface area contributed by atoms with Gasteiger partial charge in [0.1, 0.15) is 0 Å². The van der Waals surface area contributed by atoms with E-state index < -0.39 is 12.0 Å². The molecule has 0 aliphatic carbocycles. The van der Waals surface area contributed by atoms with Crippen LogP contribution in [0.2, 0.25) is 0 Å². The predicted molar refractivity (Wildman–Crippen MR) is 92.0 cm³/mol. The number of nitrogens with zero attached hydrogens (tertiary/aromatic N) is 2. The number of aromatic nitrogens is 2. The minimum absolute atomic E-state index is 0.380. The van der Waals surface area contributed by atoms with Gasteiger partial charge in [-0.15, -0.1) is 0 Å². The van der Waals surface area contributed by atoms with Crippen LogP contribution in [0.4, 0.5) is 13.2 Å². The second-order valence-electron chi connectivity index (χ2n) is 6.40. The highest BCUT2D eigenvalue weighted by molar-refractivity contribution is 5.76. The minimum atomic E-state index is -4.40. The fourth-order valence-electron chi connectivity index (χ4n) is 3.10. The molecule has 1 aromatic heterocycles. The van der Waals surface area contributed by atoms with Crippen LogP contribution in [0.15, 0.2) is 24.3 Å². The standard InChI is InChI=1S/C19H27F3N2/c1-2-3-4-5-6-7-8-9-12-15-24-17-14-11-10-13-16(17)23-18(24)19(20,21)22/h10-11,13-14H,2-9,12,15H2,1H3. The zero-order valence-corrected chi connectivity index (χ0v) is 14.4. The van der Waals surface area contributed by atoms with Crippen LogP contribution in [-0.4, -0.2) is 9.55 Å². The third kappa shape index (κ3) is 5.25. The number of hydrogen-bond donors (Lipinski definition) is 0. The lowest BCUT2D eigenvalue weighted by Crippen LogP contribution is -2.15. The molecule has 0 aliphatic heterocycles. The van der Waals surface area contributed by atoms with Crippen LogP contribution in [-0.2, 0) is 12.7 Å². The summed E-state index contributed by atoms with van der Waals surface area (Å²) in [4.78, 5) is 3.78. The molecule has 5 heteroatoms. The van der Waals surface area contributed by atoms with E-state index in [9.17, 15) is 13.2 Å². The van der Waals surface area contributed by atoms with Crippen LogP contribution in [0, 0.1) is 0 Å². The molecule has 0 saturated heterocycles. The van der Waals surface area contributed by atoms with Crippen LogP contribution >= 0.6 is 0 Å². The smallest absolute Gasteiger partial charge is 0.320 e. The molecule has 134 valence electrons. The van der Waals surface area contributed by atoms with Gasteiger partial charge < -0.3 is 4.57 Å². The largest absolute Gasteiger partial charge is 0.449 e. The zero-order valence-electron chi connectivity index (χ0n) is 14.4. The SMILES string of the molecule is CCCCCCCCCCCn1c(C(F)(F)F)nc2ccccc21. The van der Waals surface area contributed by atoms with E-state index in [1.807, 2.05) is 0 Å². The third-order valence-electron chi connectivity index (χ3n) is 4.39. The summed E-state index contributed by atoms with van der Waals surface area (Å²) in [6.07, 6.45) is 5.97. The van der Waals surface area contributed by atoms with Crippen molar-refractivity contribution in [3.8, 4) is 0 Å². The van der Waals surface area contributed by atoms with E-state index in [4.69, 9.17) is 0 Å². The first-order chi connectivity index (χ1) is 11.5. The zero-order chi connectivity index (χ0) is 17.4. The Bertz CT molecular complexity index is 617. The van der Waals surface area contributed by atoms with E-state index in [1.54, 1.807) is 24.3 Å². The lowest BCUT2D eigenvalue weighted by atomic mass is 10.1. The molecule has 0 bridgehead atoms. The molecule has 24 heavy (non-hydrogen) atoms. The molecule has 0 saturated carbocycles. The summed E-state index contributed by atoms with van der Waals surface area (Å²) < 4.78 is 40.9. The molecular formula is C19H27F3N2. The van der Waals surface area contributed by atoms with Crippen molar-refractivity contribution in [3.05, 3.63) is 30.1 Å². The molecule has 0 unspecified atom stereocenters. The van der Waals surface area contributed by atoms with Gasteiger partial charge in [0.25, 0.3) is 0 Å². The van der Waals surface area contributed by atoms with E-state index in [1.165, 1.54) is 43.1 Å². The first-order valence-corrected chi connectivity index (χ1v) is 9.06. The summed E-state index contributed by atoms with van der Waals surface area (Å²) in [6, 6.07) is 6.83. The summed E-state index contributed by atoms with van der Waals surface area (Å²) >= 11 is 0. The molecule has 2 aromatic rings. The van der Waals surface area contributed by atoms with Crippen molar-refractivity contribution in [2.24, 2.45) is 0 Å². The Labute approximate surface area is 142 Å². The van der Waals surface area contributed by atoms with E-state index in [0.29, 0.717) is 17.6 Å². The summed E-state index contributed by atoms with van der Waals surface area (Å²) in [6.45, 7) is 2.58. The maximum Gasteiger partial charge on any atom is 0.449 e.